The van der Waals surface area contributed by atoms with Gasteiger partial charge in [0, 0.05) is 5.56 Å². The number of hydrogen-bond donors (Lipinski definition) is 1. The predicted octanol–water partition coefficient (Wildman–Crippen LogP) is 5.38. The number of thiazole rings is 1. The summed E-state index contributed by atoms with van der Waals surface area (Å²) in [6, 6.07) is 15.0. The van der Waals surface area contributed by atoms with Crippen LogP contribution in [0.15, 0.2) is 48.5 Å². The third-order valence-electron chi connectivity index (χ3n) is 3.23. The van der Waals surface area contributed by atoms with Crippen molar-refractivity contribution in [3.8, 4) is 21.7 Å². The van der Waals surface area contributed by atoms with Crippen molar-refractivity contribution in [2.45, 2.75) is 0 Å². The van der Waals surface area contributed by atoms with E-state index in [4.69, 9.17) is 23.3 Å². The first-order chi connectivity index (χ1) is 11.1. The fraction of sp³-hybridized carbons (Fsp3) is 0. The lowest BCUT2D eigenvalue weighted by Crippen LogP contribution is -1.91. The normalized spacial score (nSPS) is 10.3. The smallest absolute Gasteiger partial charge is 0.349 e. The first kappa shape index (κ1) is 15.2. The molecule has 1 heterocycles. The van der Waals surface area contributed by atoms with E-state index in [1.54, 1.807) is 6.07 Å². The lowest BCUT2D eigenvalue weighted by molar-refractivity contribution is 0.0702. The molecule has 3 rings (SSSR count). The second kappa shape index (κ2) is 6.21. The van der Waals surface area contributed by atoms with Gasteiger partial charge in [0.2, 0.25) is 0 Å². The van der Waals surface area contributed by atoms with E-state index in [2.05, 4.69) is 9.83 Å². The van der Waals surface area contributed by atoms with E-state index in [1.807, 2.05) is 42.5 Å². The van der Waals surface area contributed by atoms with E-state index >= 15 is 0 Å². The molecule has 23 heavy (non-hydrogen) atoms. The van der Waals surface area contributed by atoms with Crippen LogP contribution in [0.3, 0.4) is 0 Å². The third-order valence-corrected chi connectivity index (χ3v) is 4.71. The van der Waals surface area contributed by atoms with Crippen LogP contribution in [0, 0.1) is 6.57 Å². The Labute approximate surface area is 141 Å². The highest BCUT2D eigenvalue weighted by molar-refractivity contribution is 7.17. The number of aromatic nitrogens is 1. The van der Waals surface area contributed by atoms with E-state index in [0.717, 1.165) is 22.5 Å². The fourth-order valence-corrected chi connectivity index (χ4v) is 3.30. The summed E-state index contributed by atoms with van der Waals surface area (Å²) in [4.78, 5) is 18.7. The average molecular weight is 341 g/mol. The molecule has 1 N–H and O–H groups in total. The minimum Gasteiger partial charge on any atom is -0.477 e. The van der Waals surface area contributed by atoms with Crippen LogP contribution in [0.1, 0.15) is 9.67 Å². The maximum Gasteiger partial charge on any atom is 0.349 e. The first-order valence-corrected chi connectivity index (χ1v) is 7.76. The molecule has 0 spiro atoms. The van der Waals surface area contributed by atoms with E-state index in [9.17, 15) is 4.79 Å². The Morgan fingerprint density at radius 2 is 1.91 bits per heavy atom. The molecule has 3 aromatic rings. The molecule has 0 fully saturated rings. The number of rotatable bonds is 3. The Morgan fingerprint density at radius 1 is 1.17 bits per heavy atom. The van der Waals surface area contributed by atoms with Crippen molar-refractivity contribution in [1.29, 1.82) is 0 Å². The molecule has 0 aliphatic carbocycles. The summed E-state index contributed by atoms with van der Waals surface area (Å²) < 4.78 is 0. The largest absolute Gasteiger partial charge is 0.477 e. The second-order valence-corrected chi connectivity index (χ2v) is 6.01. The van der Waals surface area contributed by atoms with Gasteiger partial charge in [-0.3, -0.25) is 0 Å². The Hall–Kier alpha value is -2.68. The zero-order valence-corrected chi connectivity index (χ0v) is 13.2. The minimum absolute atomic E-state index is 0.00170. The predicted molar refractivity (Wildman–Crippen MR) is 91.2 cm³/mol. The van der Waals surface area contributed by atoms with E-state index < -0.39 is 5.97 Å². The van der Waals surface area contributed by atoms with Gasteiger partial charge >= 0.3 is 5.97 Å². The van der Waals surface area contributed by atoms with Gasteiger partial charge in [-0.05, 0) is 17.2 Å². The zero-order chi connectivity index (χ0) is 16.4. The number of benzene rings is 2. The van der Waals surface area contributed by atoms with Crippen LogP contribution in [0.2, 0.25) is 5.15 Å². The van der Waals surface area contributed by atoms with Crippen LogP contribution in [0.4, 0.5) is 5.69 Å². The van der Waals surface area contributed by atoms with Gasteiger partial charge in [0.15, 0.2) is 15.7 Å². The fourth-order valence-electron chi connectivity index (χ4n) is 2.18. The standard InChI is InChI=1S/C17H9ClN2O2S/c1-19-13-9-11(16-20-15(18)14(23-16)17(21)22)7-8-12(13)10-5-3-2-4-6-10/h2-9H,(H,21,22). The van der Waals surface area contributed by atoms with E-state index in [0.29, 0.717) is 16.3 Å². The molecule has 0 unspecified atom stereocenters. The number of nitrogens with zero attached hydrogens (tertiary/aromatic N) is 2. The highest BCUT2D eigenvalue weighted by Crippen LogP contribution is 2.37. The molecule has 0 saturated carbocycles. The van der Waals surface area contributed by atoms with Crippen molar-refractivity contribution >= 4 is 34.6 Å². The number of halogens is 1. The zero-order valence-electron chi connectivity index (χ0n) is 11.7. The van der Waals surface area contributed by atoms with Gasteiger partial charge in [0.1, 0.15) is 5.01 Å². The second-order valence-electron chi connectivity index (χ2n) is 4.65. The third kappa shape index (κ3) is 2.95. The topological polar surface area (TPSA) is 54.5 Å². The molecule has 6 heteroatoms. The molecule has 0 amide bonds. The minimum atomic E-state index is -1.11. The number of hydrogen-bond acceptors (Lipinski definition) is 3. The van der Waals surface area contributed by atoms with Gasteiger partial charge in [-0.15, -0.1) is 11.3 Å². The molecule has 0 atom stereocenters. The summed E-state index contributed by atoms with van der Waals surface area (Å²) in [5.74, 6) is -1.11. The Balaban J connectivity index is 2.08. The quantitative estimate of drug-likeness (QED) is 0.651. The van der Waals surface area contributed by atoms with Crippen LogP contribution in [0.25, 0.3) is 26.5 Å². The van der Waals surface area contributed by atoms with Crippen LogP contribution in [-0.2, 0) is 0 Å². The molecule has 0 aliphatic heterocycles. The molecule has 4 nitrogen and oxygen atoms in total. The summed E-state index contributed by atoms with van der Waals surface area (Å²) in [6.07, 6.45) is 0. The molecule has 0 aliphatic rings. The van der Waals surface area contributed by atoms with Crippen molar-refractivity contribution in [3.63, 3.8) is 0 Å². The highest BCUT2D eigenvalue weighted by Gasteiger charge is 2.17. The van der Waals surface area contributed by atoms with Gasteiger partial charge in [-0.2, -0.15) is 0 Å². The summed E-state index contributed by atoms with van der Waals surface area (Å²) in [7, 11) is 0. The van der Waals surface area contributed by atoms with Crippen LogP contribution in [-0.4, -0.2) is 16.1 Å². The number of aromatic carboxylic acids is 1. The number of carboxylic acid groups (broad SMARTS) is 1. The molecular weight excluding hydrogens is 332 g/mol. The maximum absolute atomic E-state index is 11.1. The molecule has 112 valence electrons. The van der Waals surface area contributed by atoms with Gasteiger partial charge in [0.25, 0.3) is 0 Å². The molecular formula is C17H9ClN2O2S. The van der Waals surface area contributed by atoms with Gasteiger partial charge in [0.05, 0.1) is 6.57 Å². The van der Waals surface area contributed by atoms with Crippen LogP contribution in [0.5, 0.6) is 0 Å². The van der Waals surface area contributed by atoms with Crippen molar-refractivity contribution in [3.05, 3.63) is 70.0 Å². The SMILES string of the molecule is [C-]#[N+]c1cc(-c2nc(Cl)c(C(=O)O)s2)ccc1-c1ccccc1. The lowest BCUT2D eigenvalue weighted by Gasteiger charge is -2.06. The van der Waals surface area contributed by atoms with Crippen molar-refractivity contribution in [2.75, 3.05) is 0 Å². The molecule has 2 aromatic carbocycles. The van der Waals surface area contributed by atoms with Crippen molar-refractivity contribution in [2.24, 2.45) is 0 Å². The monoisotopic (exact) mass is 340 g/mol. The maximum atomic E-state index is 11.1. The van der Waals surface area contributed by atoms with Crippen LogP contribution < -0.4 is 0 Å². The molecule has 1 aromatic heterocycles. The summed E-state index contributed by atoms with van der Waals surface area (Å²) in [6.45, 7) is 7.40. The first-order valence-electron chi connectivity index (χ1n) is 6.57. The van der Waals surface area contributed by atoms with Gasteiger partial charge in [-0.1, -0.05) is 54.1 Å². The number of carbonyl (C=O) groups is 1. The van der Waals surface area contributed by atoms with Crippen molar-refractivity contribution < 1.29 is 9.90 Å². The van der Waals surface area contributed by atoms with Gasteiger partial charge in [-0.25, -0.2) is 14.6 Å². The molecule has 0 bridgehead atoms. The average Bonchev–Trinajstić information content (AvgIpc) is 2.97. The Kier molecular flexibility index (Phi) is 4.11. The highest BCUT2D eigenvalue weighted by atomic mass is 35.5. The van der Waals surface area contributed by atoms with E-state index in [1.165, 1.54) is 0 Å². The Morgan fingerprint density at radius 3 is 2.52 bits per heavy atom. The summed E-state index contributed by atoms with van der Waals surface area (Å²) >= 11 is 6.84. The summed E-state index contributed by atoms with van der Waals surface area (Å²) in [5.41, 5.74) is 2.94. The molecule has 0 radical (unpaired) electrons. The van der Waals surface area contributed by atoms with Crippen LogP contribution >= 0.6 is 22.9 Å². The van der Waals surface area contributed by atoms with Gasteiger partial charge < -0.3 is 5.11 Å². The lowest BCUT2D eigenvalue weighted by atomic mass is 10.0. The van der Waals surface area contributed by atoms with Crippen molar-refractivity contribution in [1.82, 2.24) is 4.98 Å². The van der Waals surface area contributed by atoms with E-state index in [-0.39, 0.29) is 10.0 Å². The summed E-state index contributed by atoms with van der Waals surface area (Å²) in [5, 5.41) is 9.51. The number of carboxylic acids is 1. The molecule has 0 saturated heterocycles. The Bertz CT molecular complexity index is 930.